The second-order valence-electron chi connectivity index (χ2n) is 10.8. The Morgan fingerprint density at radius 3 is 2.04 bits per heavy atom. The van der Waals surface area contributed by atoms with Gasteiger partial charge in [-0.3, -0.25) is 0 Å². The molecule has 1 heterocycles. The fourth-order valence-corrected chi connectivity index (χ4v) is 5.32. The number of carboxylic acids is 2. The van der Waals surface area contributed by atoms with E-state index in [1.54, 1.807) is 37.3 Å². The van der Waals surface area contributed by atoms with Gasteiger partial charge in [-0.15, -0.1) is 0 Å². The molecule has 0 aliphatic heterocycles. The molecule has 4 rings (SSSR count). The van der Waals surface area contributed by atoms with Crippen molar-refractivity contribution in [2.24, 2.45) is 0 Å². The van der Waals surface area contributed by atoms with Gasteiger partial charge >= 0.3 is 59.1 Å². The fraction of sp³-hybridized carbons (Fsp3) is 0.314. The van der Waals surface area contributed by atoms with Gasteiger partial charge < -0.3 is 34.6 Å². The first-order valence-electron chi connectivity index (χ1n) is 14.7. The van der Waals surface area contributed by atoms with E-state index in [0.717, 1.165) is 0 Å². The number of aliphatic carboxylic acids is 2. The van der Waals surface area contributed by atoms with Gasteiger partial charge in [0.15, 0.2) is 17.5 Å². The van der Waals surface area contributed by atoms with Gasteiger partial charge in [0.1, 0.15) is 17.4 Å². The minimum atomic E-state index is -1.70. The molecule has 3 aromatic carbocycles. The number of fused-ring (bicyclic) bond motifs is 1. The number of hydrogen-bond acceptors (Lipinski definition) is 5. The summed E-state index contributed by atoms with van der Waals surface area (Å²) in [5.41, 5.74) is 2.44. The molecule has 1 aromatic heterocycles. The molecule has 0 atom stereocenters. The summed E-state index contributed by atoms with van der Waals surface area (Å²) in [5, 5.41) is 22.3. The third kappa shape index (κ3) is 11.6. The van der Waals surface area contributed by atoms with Gasteiger partial charge in [0, 0.05) is 52.3 Å². The first kappa shape index (κ1) is 44.1. The number of carboxylic acid groups (broad SMARTS) is 2. The second-order valence-corrected chi connectivity index (χ2v) is 10.8. The van der Waals surface area contributed by atoms with Crippen LogP contribution in [-0.2, 0) is 29.0 Å². The Morgan fingerprint density at radius 1 is 0.755 bits per heavy atom. The summed E-state index contributed by atoms with van der Waals surface area (Å²) >= 11 is 0. The molecule has 49 heavy (non-hydrogen) atoms. The molecule has 0 fully saturated rings. The number of nitrogens with zero attached hydrogens (tertiary/aromatic N) is 1. The SMILES string of the molecule is Cc1c(CCCC(=O)[O-])c2c(F)ccc(C#Cc3ccc(OCCCCc4c(F)cc(F)c(F)c4F)cc3)c2n1CCCC(=O)[O-].O.[Na+].[Na+]. The van der Waals surface area contributed by atoms with Crippen molar-refractivity contribution in [3.63, 3.8) is 0 Å². The molecular weight excluding hydrogens is 671 g/mol. The molecular formula is C35H32F5NNa2O6. The van der Waals surface area contributed by atoms with Crippen LogP contribution in [0.25, 0.3) is 10.9 Å². The number of hydrogen-bond donors (Lipinski definition) is 0. The summed E-state index contributed by atoms with van der Waals surface area (Å²) in [4.78, 5) is 22.0. The molecule has 7 nitrogen and oxygen atoms in total. The van der Waals surface area contributed by atoms with Crippen molar-refractivity contribution >= 4 is 22.8 Å². The fourth-order valence-electron chi connectivity index (χ4n) is 5.32. The maximum absolute atomic E-state index is 15.2. The summed E-state index contributed by atoms with van der Waals surface area (Å²) in [6.07, 6.45) is 0.968. The van der Waals surface area contributed by atoms with Gasteiger partial charge in [-0.2, -0.15) is 0 Å². The van der Waals surface area contributed by atoms with E-state index in [2.05, 4.69) is 11.8 Å². The van der Waals surface area contributed by atoms with Crippen LogP contribution in [0, 0.1) is 47.9 Å². The largest absolute Gasteiger partial charge is 1.00 e. The maximum atomic E-state index is 15.2. The number of rotatable bonds is 14. The van der Waals surface area contributed by atoms with Gasteiger partial charge in [0.05, 0.1) is 12.1 Å². The van der Waals surface area contributed by atoms with Crippen molar-refractivity contribution in [2.75, 3.05) is 6.61 Å². The van der Waals surface area contributed by atoms with Crippen LogP contribution < -0.4 is 74.1 Å². The summed E-state index contributed by atoms with van der Waals surface area (Å²) < 4.78 is 76.8. The van der Waals surface area contributed by atoms with Crippen LogP contribution in [0.2, 0.25) is 0 Å². The minimum Gasteiger partial charge on any atom is -0.550 e. The Bertz CT molecular complexity index is 1820. The van der Waals surface area contributed by atoms with Gasteiger partial charge in [-0.05, 0) is 100 Å². The second kappa shape index (κ2) is 20.7. The van der Waals surface area contributed by atoms with E-state index in [1.165, 1.54) is 6.07 Å². The van der Waals surface area contributed by atoms with E-state index in [9.17, 15) is 37.4 Å². The van der Waals surface area contributed by atoms with Gasteiger partial charge in [0.2, 0.25) is 0 Å². The van der Waals surface area contributed by atoms with E-state index >= 15 is 4.39 Å². The van der Waals surface area contributed by atoms with Crippen LogP contribution in [-0.4, -0.2) is 28.6 Å². The van der Waals surface area contributed by atoms with Crippen LogP contribution in [0.1, 0.15) is 66.5 Å². The molecule has 0 aliphatic carbocycles. The van der Waals surface area contributed by atoms with Gasteiger partial charge in [0.25, 0.3) is 0 Å². The number of unbranched alkanes of at least 4 members (excludes halogenated alkanes) is 1. The normalized spacial score (nSPS) is 10.3. The van der Waals surface area contributed by atoms with Gasteiger partial charge in [-0.1, -0.05) is 11.8 Å². The smallest absolute Gasteiger partial charge is 0.550 e. The molecule has 0 unspecified atom stereocenters. The molecule has 4 aromatic rings. The molecule has 0 amide bonds. The van der Waals surface area contributed by atoms with Crippen LogP contribution in [0.4, 0.5) is 22.0 Å². The van der Waals surface area contributed by atoms with Crippen LogP contribution >= 0.6 is 0 Å². The monoisotopic (exact) mass is 703 g/mol. The summed E-state index contributed by atoms with van der Waals surface area (Å²) in [7, 11) is 0. The van der Waals surface area contributed by atoms with E-state index in [0.29, 0.717) is 51.5 Å². The molecule has 0 aliphatic rings. The number of aryl methyl sites for hydroxylation is 2. The standard InChI is InChI=1S/C35H32F5NO5.2Na.H2O/c1-21-25(7-4-8-30(42)43)32-27(36)17-14-23(35(32)41(21)18-5-9-31(44)45)13-10-22-11-15-24(16-12-22)46-19-3-2-6-26-28(37)20-29(38)34(40)33(26)39;;;/h11-12,14-17,20H,2-9,18-19H2,1H3,(H,42,43)(H,44,45);;;1H2/q;2*+1;/p-2. The number of aromatic nitrogens is 1. The maximum Gasteiger partial charge on any atom is 1.00 e. The average molecular weight is 704 g/mol. The van der Waals surface area contributed by atoms with Gasteiger partial charge in [-0.25, -0.2) is 22.0 Å². The number of carbonyl (C=O) groups excluding carboxylic acids is 2. The minimum absolute atomic E-state index is 0. The topological polar surface area (TPSA) is 126 Å². The van der Waals surface area contributed by atoms with Crippen LogP contribution in [0.5, 0.6) is 5.75 Å². The van der Waals surface area contributed by atoms with E-state index < -0.39 is 46.6 Å². The number of carbonyl (C=O) groups is 2. The van der Waals surface area contributed by atoms with E-state index in [4.69, 9.17) is 4.74 Å². The van der Waals surface area contributed by atoms with Crippen molar-refractivity contribution in [3.05, 3.63) is 99.5 Å². The Hall–Kier alpha value is -2.89. The number of benzene rings is 3. The Labute approximate surface area is 324 Å². The van der Waals surface area contributed by atoms with Crippen molar-refractivity contribution in [2.45, 2.75) is 64.8 Å². The van der Waals surface area contributed by atoms with Crippen molar-refractivity contribution in [3.8, 4) is 17.6 Å². The Morgan fingerprint density at radius 2 is 1.39 bits per heavy atom. The van der Waals surface area contributed by atoms with E-state index in [-0.39, 0.29) is 123 Å². The first-order valence-corrected chi connectivity index (χ1v) is 14.7. The zero-order chi connectivity index (χ0) is 33.4. The van der Waals surface area contributed by atoms with Crippen molar-refractivity contribution in [1.82, 2.24) is 4.57 Å². The molecule has 0 radical (unpaired) electrons. The zero-order valence-electron chi connectivity index (χ0n) is 27.5. The van der Waals surface area contributed by atoms with Crippen LogP contribution in [0.3, 0.4) is 0 Å². The average Bonchev–Trinajstić information content (AvgIpc) is 3.29. The molecule has 0 saturated heterocycles. The molecule has 250 valence electrons. The predicted octanol–water partition coefficient (Wildman–Crippen LogP) is -1.77. The third-order valence-electron chi connectivity index (χ3n) is 7.61. The third-order valence-corrected chi connectivity index (χ3v) is 7.61. The molecule has 0 bridgehead atoms. The number of ether oxygens (including phenoxy) is 1. The quantitative estimate of drug-likeness (QED) is 0.0384. The van der Waals surface area contributed by atoms with E-state index in [1.807, 2.05) is 4.57 Å². The molecule has 0 saturated carbocycles. The van der Waals surface area contributed by atoms with Crippen molar-refractivity contribution < 1.29 is 111 Å². The molecule has 14 heteroatoms. The molecule has 2 N–H and O–H groups in total. The summed E-state index contributed by atoms with van der Waals surface area (Å²) in [5.74, 6) is -2.20. The predicted molar refractivity (Wildman–Crippen MR) is 160 cm³/mol. The summed E-state index contributed by atoms with van der Waals surface area (Å²) in [6.45, 7) is 2.26. The number of halogens is 5. The molecule has 0 spiro atoms. The zero-order valence-corrected chi connectivity index (χ0v) is 31.5. The first-order chi connectivity index (χ1) is 22.0. The van der Waals surface area contributed by atoms with Crippen molar-refractivity contribution in [1.29, 1.82) is 0 Å². The van der Waals surface area contributed by atoms with Crippen LogP contribution in [0.15, 0.2) is 42.5 Å². The summed E-state index contributed by atoms with van der Waals surface area (Å²) in [6, 6.07) is 9.95. The Kier molecular flexibility index (Phi) is 18.6. The Balaban J connectivity index is 0.00000400.